The van der Waals surface area contributed by atoms with E-state index in [0.717, 1.165) is 19.6 Å². The first-order valence-corrected chi connectivity index (χ1v) is 12.5. The van der Waals surface area contributed by atoms with Crippen molar-refractivity contribution in [3.05, 3.63) is 82.9 Å². The number of aromatic nitrogens is 3. The summed E-state index contributed by atoms with van der Waals surface area (Å²) >= 11 is 0. The molecule has 3 heterocycles. The molecule has 166 valence electrons. The van der Waals surface area contributed by atoms with E-state index in [0.29, 0.717) is 29.7 Å². The molecule has 4 nitrogen and oxygen atoms in total. The molecule has 0 N–H and O–H groups in total. The molecule has 0 amide bonds. The van der Waals surface area contributed by atoms with Gasteiger partial charge in [0.25, 0.3) is 0 Å². The molecule has 0 bridgehead atoms. The van der Waals surface area contributed by atoms with Crippen LogP contribution in [-0.2, 0) is 6.54 Å². The van der Waals surface area contributed by atoms with E-state index >= 15 is 0 Å². The topological polar surface area (TPSA) is 34.0 Å². The Kier molecular flexibility index (Phi) is 5.14. The van der Waals surface area contributed by atoms with Gasteiger partial charge >= 0.3 is 0 Å². The molecule has 2 atom stereocenters. The number of hydrogen-bond acceptors (Lipinski definition) is 3. The van der Waals surface area contributed by atoms with Crippen LogP contribution in [0.2, 0.25) is 0 Å². The predicted molar refractivity (Wildman–Crippen MR) is 128 cm³/mol. The smallest absolute Gasteiger partial charge is 0.0658 e. The maximum absolute atomic E-state index is 5.21. The van der Waals surface area contributed by atoms with Crippen LogP contribution in [0.5, 0.6) is 0 Å². The quantitative estimate of drug-likeness (QED) is 0.465. The zero-order valence-corrected chi connectivity index (χ0v) is 19.3. The molecule has 3 fully saturated rings. The Morgan fingerprint density at radius 2 is 1.50 bits per heavy atom. The lowest BCUT2D eigenvalue weighted by Crippen LogP contribution is -2.20. The Labute approximate surface area is 191 Å². The third-order valence-electron chi connectivity index (χ3n) is 7.46. The first kappa shape index (κ1) is 20.2. The van der Waals surface area contributed by atoms with Gasteiger partial charge < -0.3 is 0 Å². The second-order valence-corrected chi connectivity index (χ2v) is 10.5. The summed E-state index contributed by atoms with van der Waals surface area (Å²) in [6, 6.07) is 20.5. The van der Waals surface area contributed by atoms with Crippen molar-refractivity contribution in [1.82, 2.24) is 19.7 Å². The predicted octanol–water partition coefficient (Wildman–Crippen LogP) is 6.00. The molecule has 2 aromatic heterocycles. The molecule has 6 rings (SSSR count). The first-order valence-electron chi connectivity index (χ1n) is 12.5. The van der Waals surface area contributed by atoms with Crippen LogP contribution in [0.3, 0.4) is 0 Å². The maximum Gasteiger partial charge on any atom is 0.0658 e. The lowest BCUT2D eigenvalue weighted by Gasteiger charge is -2.21. The van der Waals surface area contributed by atoms with Crippen LogP contribution in [0.1, 0.15) is 97.6 Å². The Hall–Kier alpha value is -2.46. The molecular formula is C28H34N4. The van der Waals surface area contributed by atoms with Crippen LogP contribution >= 0.6 is 0 Å². The third kappa shape index (κ3) is 4.01. The monoisotopic (exact) mass is 426 g/mol. The molecule has 1 aliphatic heterocycles. The number of likely N-dealkylation sites (tertiary alicyclic amines) is 1. The average Bonchev–Trinajstić information content (AvgIpc) is 3.74. The van der Waals surface area contributed by atoms with Gasteiger partial charge in [-0.3, -0.25) is 14.6 Å². The van der Waals surface area contributed by atoms with E-state index in [1.807, 2.05) is 0 Å². The fourth-order valence-electron chi connectivity index (χ4n) is 5.44. The second-order valence-electron chi connectivity index (χ2n) is 10.5. The van der Waals surface area contributed by atoms with Gasteiger partial charge in [-0.2, -0.15) is 5.10 Å². The number of benzene rings is 1. The van der Waals surface area contributed by atoms with Crippen LogP contribution < -0.4 is 0 Å². The van der Waals surface area contributed by atoms with Gasteiger partial charge in [0.15, 0.2) is 0 Å². The minimum Gasteiger partial charge on any atom is -0.298 e. The van der Waals surface area contributed by atoms with E-state index < -0.39 is 0 Å². The molecule has 32 heavy (non-hydrogen) atoms. The van der Waals surface area contributed by atoms with Gasteiger partial charge in [0.1, 0.15) is 0 Å². The van der Waals surface area contributed by atoms with Gasteiger partial charge in [-0.1, -0.05) is 36.4 Å². The lowest BCUT2D eigenvalue weighted by molar-refractivity contribution is 0.321. The third-order valence-corrected chi connectivity index (χ3v) is 7.46. The van der Waals surface area contributed by atoms with E-state index in [4.69, 9.17) is 10.1 Å². The fourth-order valence-corrected chi connectivity index (χ4v) is 5.44. The first-order chi connectivity index (χ1) is 15.7. The van der Waals surface area contributed by atoms with Crippen molar-refractivity contribution < 1.29 is 0 Å². The molecule has 3 aliphatic rings. The number of hydrogen-bond donors (Lipinski definition) is 0. The molecule has 2 saturated carbocycles. The molecule has 1 aromatic carbocycles. The van der Waals surface area contributed by atoms with Crippen LogP contribution in [0, 0.1) is 0 Å². The zero-order valence-electron chi connectivity index (χ0n) is 19.3. The van der Waals surface area contributed by atoms with Crippen LogP contribution in [-0.4, -0.2) is 32.8 Å². The largest absolute Gasteiger partial charge is 0.298 e. The Balaban J connectivity index is 1.36. The molecule has 4 heteroatoms. The van der Waals surface area contributed by atoms with Gasteiger partial charge in [0.05, 0.1) is 5.69 Å². The molecule has 1 saturated heterocycles. The van der Waals surface area contributed by atoms with E-state index in [-0.39, 0.29) is 0 Å². The summed E-state index contributed by atoms with van der Waals surface area (Å²) < 4.78 is 2.32. The summed E-state index contributed by atoms with van der Waals surface area (Å²) in [6.45, 7) is 7.66. The van der Waals surface area contributed by atoms with E-state index in [1.165, 1.54) is 54.0 Å². The summed E-state index contributed by atoms with van der Waals surface area (Å²) in [6.07, 6.45) is 5.20. The highest BCUT2D eigenvalue weighted by Crippen LogP contribution is 2.45. The number of nitrogens with zero attached hydrogens (tertiary/aromatic N) is 4. The highest BCUT2D eigenvalue weighted by atomic mass is 15.3. The molecule has 3 aromatic rings. The van der Waals surface area contributed by atoms with Crippen LogP contribution in [0.4, 0.5) is 0 Å². The van der Waals surface area contributed by atoms with E-state index in [9.17, 15) is 0 Å². The second kappa shape index (κ2) is 8.15. The fraction of sp³-hybridized carbons (Fsp3) is 0.500. The van der Waals surface area contributed by atoms with Gasteiger partial charge in [-0.15, -0.1) is 0 Å². The van der Waals surface area contributed by atoms with Crippen molar-refractivity contribution in [3.8, 4) is 0 Å². The summed E-state index contributed by atoms with van der Waals surface area (Å²) in [5.41, 5.74) is 6.70. The zero-order chi connectivity index (χ0) is 21.7. The number of pyridine rings is 1. The minimum absolute atomic E-state index is 0.382. The molecule has 0 radical (unpaired) electrons. The number of rotatable bonds is 7. The Bertz CT molecular complexity index is 1080. The summed E-state index contributed by atoms with van der Waals surface area (Å²) in [5.74, 6) is 2.23. The van der Waals surface area contributed by atoms with Gasteiger partial charge in [0, 0.05) is 66.4 Å². The Morgan fingerprint density at radius 3 is 2.22 bits per heavy atom. The SMILES string of the molecule is CC(C)n1nc(C2CC2)cc1C1CN(Cc2ccccc2)CC1c1cccc(C2CC2)n1. The molecule has 2 unspecified atom stereocenters. The minimum atomic E-state index is 0.382. The van der Waals surface area contributed by atoms with Gasteiger partial charge in [0.2, 0.25) is 0 Å². The van der Waals surface area contributed by atoms with Crippen LogP contribution in [0.25, 0.3) is 0 Å². The van der Waals surface area contributed by atoms with Gasteiger partial charge in [-0.05, 0) is 63.3 Å². The van der Waals surface area contributed by atoms with E-state index in [2.05, 4.69) is 78.0 Å². The van der Waals surface area contributed by atoms with Crippen LogP contribution in [0.15, 0.2) is 54.6 Å². The van der Waals surface area contributed by atoms with Gasteiger partial charge in [-0.25, -0.2) is 0 Å². The van der Waals surface area contributed by atoms with Crippen molar-refractivity contribution in [3.63, 3.8) is 0 Å². The average molecular weight is 427 g/mol. The van der Waals surface area contributed by atoms with Crippen molar-refractivity contribution >= 4 is 0 Å². The van der Waals surface area contributed by atoms with Crippen molar-refractivity contribution in [2.45, 2.75) is 75.8 Å². The molecular weight excluding hydrogens is 392 g/mol. The standard InChI is InChI=1S/C28H34N4/c1-19(2)32-28(15-27(30-32)22-13-14-22)24-18-31(16-20-7-4-3-5-8-20)17-23(24)26-10-6-9-25(29-26)21-11-12-21/h3-10,15,19,21-24H,11-14,16-18H2,1-2H3. The van der Waals surface area contributed by atoms with Crippen molar-refractivity contribution in [2.24, 2.45) is 0 Å². The lowest BCUT2D eigenvalue weighted by atomic mass is 9.89. The molecule has 2 aliphatic carbocycles. The Morgan fingerprint density at radius 1 is 0.812 bits per heavy atom. The maximum atomic E-state index is 5.21. The normalized spacial score (nSPS) is 23.8. The van der Waals surface area contributed by atoms with E-state index in [1.54, 1.807) is 0 Å². The highest BCUT2D eigenvalue weighted by Gasteiger charge is 2.39. The molecule has 0 spiro atoms. The summed E-state index contributed by atoms with van der Waals surface area (Å²) in [5, 5.41) is 5.09. The van der Waals surface area contributed by atoms with Crippen molar-refractivity contribution in [1.29, 1.82) is 0 Å². The highest BCUT2D eigenvalue weighted by molar-refractivity contribution is 5.30. The summed E-state index contributed by atoms with van der Waals surface area (Å²) in [7, 11) is 0. The summed E-state index contributed by atoms with van der Waals surface area (Å²) in [4.78, 5) is 7.84. The van der Waals surface area contributed by atoms with Crippen molar-refractivity contribution in [2.75, 3.05) is 13.1 Å².